The lowest BCUT2D eigenvalue weighted by atomic mass is 10.2. The van der Waals surface area contributed by atoms with E-state index in [-0.39, 0.29) is 11.1 Å². The number of piperazine rings is 1. The third-order valence-electron chi connectivity index (χ3n) is 4.18. The standard InChI is InChI=1S/C16H16N4O3S/c1-19-2-4-20(5-3-19)12-9-17-8-10-6-11(23-14(10)12)7-13-15(21)18-16(22)24-13/h6-9H,2-5H2,1H3,(H,18,21,22)/b13-7-. The highest BCUT2D eigenvalue weighted by atomic mass is 32.2. The monoisotopic (exact) mass is 344 g/mol. The summed E-state index contributed by atoms with van der Waals surface area (Å²) in [5.74, 6) is 0.156. The number of likely N-dealkylation sites (N-methyl/N-ethyl adjacent to an activating group) is 1. The lowest BCUT2D eigenvalue weighted by molar-refractivity contribution is -0.115. The molecule has 2 fully saturated rings. The zero-order valence-electron chi connectivity index (χ0n) is 13.1. The van der Waals surface area contributed by atoms with Crippen LogP contribution in [-0.2, 0) is 4.79 Å². The minimum absolute atomic E-state index is 0.341. The molecule has 0 unspecified atom stereocenters. The molecule has 4 rings (SSSR count). The van der Waals surface area contributed by atoms with Gasteiger partial charge in [0.15, 0.2) is 5.58 Å². The van der Waals surface area contributed by atoms with E-state index in [0.29, 0.717) is 10.7 Å². The first-order valence-electron chi connectivity index (χ1n) is 7.66. The number of fused-ring (bicyclic) bond motifs is 1. The highest BCUT2D eigenvalue weighted by Gasteiger charge is 2.26. The topological polar surface area (TPSA) is 78.7 Å². The van der Waals surface area contributed by atoms with Crippen molar-refractivity contribution >= 4 is 45.6 Å². The van der Waals surface area contributed by atoms with E-state index in [1.54, 1.807) is 12.3 Å². The van der Waals surface area contributed by atoms with Crippen LogP contribution in [-0.4, -0.2) is 54.3 Å². The highest BCUT2D eigenvalue weighted by Crippen LogP contribution is 2.32. The molecule has 2 aliphatic heterocycles. The average molecular weight is 344 g/mol. The quantitative estimate of drug-likeness (QED) is 0.834. The van der Waals surface area contributed by atoms with Gasteiger partial charge in [-0.15, -0.1) is 0 Å². The molecule has 0 bridgehead atoms. The molecule has 2 aromatic rings. The van der Waals surface area contributed by atoms with Gasteiger partial charge in [-0.05, 0) is 24.9 Å². The molecule has 2 amide bonds. The van der Waals surface area contributed by atoms with Crippen LogP contribution in [0.3, 0.4) is 0 Å². The van der Waals surface area contributed by atoms with E-state index in [0.717, 1.165) is 54.6 Å². The van der Waals surface area contributed by atoms with Gasteiger partial charge in [-0.3, -0.25) is 19.9 Å². The van der Waals surface area contributed by atoms with Crippen molar-refractivity contribution in [3.63, 3.8) is 0 Å². The minimum atomic E-state index is -0.386. The summed E-state index contributed by atoms with van der Waals surface area (Å²) in [6.07, 6.45) is 5.15. The van der Waals surface area contributed by atoms with Gasteiger partial charge in [0.05, 0.1) is 16.8 Å². The third kappa shape index (κ3) is 2.78. The Kier molecular flexibility index (Phi) is 3.78. The number of aromatic nitrogens is 1. The van der Waals surface area contributed by atoms with Crippen molar-refractivity contribution < 1.29 is 14.0 Å². The lowest BCUT2D eigenvalue weighted by Crippen LogP contribution is -2.44. The fraction of sp³-hybridized carbons (Fsp3) is 0.312. The number of hydrogen-bond acceptors (Lipinski definition) is 7. The summed E-state index contributed by atoms with van der Waals surface area (Å²) in [6, 6.07) is 1.84. The SMILES string of the molecule is CN1CCN(c2cncc3cc(/C=C4\SC(=O)NC4=O)oc23)CC1. The first-order chi connectivity index (χ1) is 11.6. The van der Waals surface area contributed by atoms with E-state index in [9.17, 15) is 9.59 Å². The number of furan rings is 1. The van der Waals surface area contributed by atoms with E-state index >= 15 is 0 Å². The van der Waals surface area contributed by atoms with E-state index in [1.807, 2.05) is 12.3 Å². The first kappa shape index (κ1) is 15.2. The van der Waals surface area contributed by atoms with Gasteiger partial charge in [-0.2, -0.15) is 0 Å². The number of amides is 2. The number of carbonyl (C=O) groups excluding carboxylic acids is 2. The second-order valence-electron chi connectivity index (χ2n) is 5.87. The molecule has 24 heavy (non-hydrogen) atoms. The molecule has 7 nitrogen and oxygen atoms in total. The van der Waals surface area contributed by atoms with Gasteiger partial charge in [-0.25, -0.2) is 0 Å². The fourth-order valence-electron chi connectivity index (χ4n) is 2.86. The van der Waals surface area contributed by atoms with Crippen molar-refractivity contribution in [2.45, 2.75) is 0 Å². The molecule has 2 aromatic heterocycles. The minimum Gasteiger partial charge on any atom is -0.454 e. The van der Waals surface area contributed by atoms with Crippen LogP contribution >= 0.6 is 11.8 Å². The number of nitrogens with zero attached hydrogens (tertiary/aromatic N) is 3. The Hall–Kier alpha value is -2.32. The van der Waals surface area contributed by atoms with Crippen molar-refractivity contribution in [3.8, 4) is 0 Å². The third-order valence-corrected chi connectivity index (χ3v) is 4.99. The Morgan fingerprint density at radius 1 is 1.25 bits per heavy atom. The molecule has 0 aromatic carbocycles. The maximum Gasteiger partial charge on any atom is 0.290 e. The fourth-order valence-corrected chi connectivity index (χ4v) is 3.52. The van der Waals surface area contributed by atoms with E-state index in [1.165, 1.54) is 0 Å². The van der Waals surface area contributed by atoms with Gasteiger partial charge in [0.25, 0.3) is 11.1 Å². The Bertz CT molecular complexity index is 852. The molecule has 2 aliphatic rings. The van der Waals surface area contributed by atoms with Crippen molar-refractivity contribution in [2.24, 2.45) is 0 Å². The Morgan fingerprint density at radius 2 is 2.04 bits per heavy atom. The number of hydrogen-bond donors (Lipinski definition) is 1. The van der Waals surface area contributed by atoms with Crippen molar-refractivity contribution in [2.75, 3.05) is 38.1 Å². The van der Waals surface area contributed by atoms with Gasteiger partial charge < -0.3 is 14.2 Å². The van der Waals surface area contributed by atoms with Crippen LogP contribution < -0.4 is 10.2 Å². The zero-order valence-corrected chi connectivity index (χ0v) is 13.9. The molecule has 124 valence electrons. The number of nitrogens with one attached hydrogen (secondary N) is 1. The molecule has 1 N–H and O–H groups in total. The van der Waals surface area contributed by atoms with Crippen molar-refractivity contribution in [3.05, 3.63) is 29.1 Å². The maximum atomic E-state index is 11.7. The first-order valence-corrected chi connectivity index (χ1v) is 8.48. The van der Waals surface area contributed by atoms with E-state index < -0.39 is 0 Å². The molecule has 0 spiro atoms. The summed E-state index contributed by atoms with van der Waals surface area (Å²) in [7, 11) is 2.11. The Labute approximate surface area is 142 Å². The zero-order chi connectivity index (χ0) is 16.7. The summed E-state index contributed by atoms with van der Waals surface area (Å²) in [4.78, 5) is 32.1. The predicted molar refractivity (Wildman–Crippen MR) is 92.8 cm³/mol. The molecule has 0 radical (unpaired) electrons. The van der Waals surface area contributed by atoms with Gasteiger partial charge in [0.2, 0.25) is 0 Å². The van der Waals surface area contributed by atoms with Crippen LogP contribution in [0.15, 0.2) is 27.8 Å². The number of anilines is 1. The molecule has 8 heteroatoms. The smallest absolute Gasteiger partial charge is 0.290 e. The molecule has 0 aliphatic carbocycles. The van der Waals surface area contributed by atoms with Crippen LogP contribution in [0.25, 0.3) is 17.0 Å². The molecule has 0 atom stereocenters. The van der Waals surface area contributed by atoms with Crippen LogP contribution in [0.4, 0.5) is 10.5 Å². The maximum absolute atomic E-state index is 11.7. The largest absolute Gasteiger partial charge is 0.454 e. The number of carbonyl (C=O) groups is 2. The predicted octanol–water partition coefficient (Wildman–Crippen LogP) is 1.90. The Morgan fingerprint density at radius 3 is 2.75 bits per heavy atom. The summed E-state index contributed by atoms with van der Waals surface area (Å²) in [5.41, 5.74) is 1.72. The second kappa shape index (κ2) is 5.95. The van der Waals surface area contributed by atoms with E-state index in [4.69, 9.17) is 4.42 Å². The van der Waals surface area contributed by atoms with Gasteiger partial charge in [-0.1, -0.05) is 0 Å². The molecule has 0 saturated carbocycles. The summed E-state index contributed by atoms with van der Waals surface area (Å²) >= 11 is 0.881. The van der Waals surface area contributed by atoms with Crippen LogP contribution in [0.5, 0.6) is 0 Å². The lowest BCUT2D eigenvalue weighted by Gasteiger charge is -2.33. The van der Waals surface area contributed by atoms with Gasteiger partial charge in [0.1, 0.15) is 5.76 Å². The van der Waals surface area contributed by atoms with Crippen molar-refractivity contribution in [1.29, 1.82) is 0 Å². The number of rotatable bonds is 2. The highest BCUT2D eigenvalue weighted by molar-refractivity contribution is 8.18. The summed E-state index contributed by atoms with van der Waals surface area (Å²) in [5, 5.41) is 2.76. The summed E-state index contributed by atoms with van der Waals surface area (Å²) in [6.45, 7) is 3.82. The van der Waals surface area contributed by atoms with Crippen molar-refractivity contribution in [1.82, 2.24) is 15.2 Å². The Balaban J connectivity index is 1.68. The van der Waals surface area contributed by atoms with E-state index in [2.05, 4.69) is 27.1 Å². The molecular weight excluding hydrogens is 328 g/mol. The molecule has 4 heterocycles. The summed E-state index contributed by atoms with van der Waals surface area (Å²) < 4.78 is 5.95. The molecule has 2 saturated heterocycles. The van der Waals surface area contributed by atoms with Gasteiger partial charge in [0, 0.05) is 43.8 Å². The molecular formula is C16H16N4O3S. The average Bonchev–Trinajstić information content (AvgIpc) is 3.10. The number of pyridine rings is 1. The number of thioether (sulfide) groups is 1. The normalized spacial score (nSPS) is 21.0. The second-order valence-corrected chi connectivity index (χ2v) is 6.88. The number of imide groups is 1. The van der Waals surface area contributed by atoms with Crippen LogP contribution in [0, 0.1) is 0 Å². The van der Waals surface area contributed by atoms with Gasteiger partial charge >= 0.3 is 0 Å². The van der Waals surface area contributed by atoms with Crippen LogP contribution in [0.1, 0.15) is 5.76 Å². The van der Waals surface area contributed by atoms with Crippen LogP contribution in [0.2, 0.25) is 0 Å².